The number of halogens is 1. The molecule has 1 aromatic rings. The molecule has 0 saturated carbocycles. The van der Waals surface area contributed by atoms with E-state index in [1.54, 1.807) is 23.9 Å². The first-order valence-corrected chi connectivity index (χ1v) is 5.80. The predicted octanol–water partition coefficient (Wildman–Crippen LogP) is 3.08. The Hall–Kier alpha value is -0.540. The van der Waals surface area contributed by atoms with Gasteiger partial charge in [-0.1, -0.05) is 6.42 Å². The van der Waals surface area contributed by atoms with Crippen molar-refractivity contribution in [3.05, 3.63) is 30.1 Å². The third-order valence-corrected chi connectivity index (χ3v) is 2.98. The highest BCUT2D eigenvalue weighted by Crippen LogP contribution is 2.19. The average Bonchev–Trinajstić information content (AvgIpc) is 2.21. The van der Waals surface area contributed by atoms with Crippen molar-refractivity contribution < 1.29 is 9.50 Å². The van der Waals surface area contributed by atoms with Gasteiger partial charge >= 0.3 is 0 Å². The molecule has 0 radical (unpaired) electrons. The van der Waals surface area contributed by atoms with E-state index in [1.807, 2.05) is 0 Å². The van der Waals surface area contributed by atoms with E-state index in [4.69, 9.17) is 5.11 Å². The van der Waals surface area contributed by atoms with Crippen LogP contribution in [-0.4, -0.2) is 17.5 Å². The van der Waals surface area contributed by atoms with Gasteiger partial charge in [0.25, 0.3) is 0 Å². The molecular weight excluding hydrogens is 199 g/mol. The molecule has 0 aliphatic carbocycles. The van der Waals surface area contributed by atoms with Crippen molar-refractivity contribution in [2.75, 3.05) is 12.4 Å². The Morgan fingerprint density at radius 3 is 2.43 bits per heavy atom. The maximum atomic E-state index is 12.5. The highest BCUT2D eigenvalue weighted by atomic mass is 32.2. The lowest BCUT2D eigenvalue weighted by Crippen LogP contribution is -1.85. The van der Waals surface area contributed by atoms with Crippen molar-refractivity contribution in [2.45, 2.75) is 24.2 Å². The number of unbranched alkanes of at least 4 members (excludes halogenated alkanes) is 2. The van der Waals surface area contributed by atoms with E-state index >= 15 is 0 Å². The molecule has 3 heteroatoms. The number of aliphatic hydroxyl groups excluding tert-OH is 1. The average molecular weight is 214 g/mol. The van der Waals surface area contributed by atoms with E-state index in [-0.39, 0.29) is 12.4 Å². The van der Waals surface area contributed by atoms with Crippen LogP contribution < -0.4 is 0 Å². The van der Waals surface area contributed by atoms with Gasteiger partial charge in [-0.15, -0.1) is 11.8 Å². The molecule has 0 amide bonds. The molecule has 78 valence electrons. The van der Waals surface area contributed by atoms with E-state index in [0.717, 1.165) is 29.9 Å². The molecule has 1 aromatic carbocycles. The number of hydrogen-bond acceptors (Lipinski definition) is 2. The summed E-state index contributed by atoms with van der Waals surface area (Å²) >= 11 is 1.73. The summed E-state index contributed by atoms with van der Waals surface area (Å²) in [5, 5.41) is 8.56. The fourth-order valence-electron chi connectivity index (χ4n) is 1.11. The first kappa shape index (κ1) is 11.5. The number of rotatable bonds is 6. The Morgan fingerprint density at radius 1 is 1.07 bits per heavy atom. The monoisotopic (exact) mass is 214 g/mol. The zero-order chi connectivity index (χ0) is 10.2. The molecule has 0 aliphatic heterocycles. The second-order valence-corrected chi connectivity index (χ2v) is 4.25. The molecular formula is C11H15FOS. The van der Waals surface area contributed by atoms with Gasteiger partial charge < -0.3 is 5.11 Å². The minimum Gasteiger partial charge on any atom is -0.396 e. The van der Waals surface area contributed by atoms with E-state index in [1.165, 1.54) is 12.1 Å². The molecule has 14 heavy (non-hydrogen) atoms. The van der Waals surface area contributed by atoms with Crippen molar-refractivity contribution >= 4 is 11.8 Å². The van der Waals surface area contributed by atoms with Gasteiger partial charge in [-0.2, -0.15) is 0 Å². The van der Waals surface area contributed by atoms with E-state index in [0.29, 0.717) is 0 Å². The standard InChI is InChI=1S/C11H15FOS/c12-10-4-6-11(7-5-10)14-9-3-1-2-8-13/h4-7,13H,1-3,8-9H2. The topological polar surface area (TPSA) is 20.2 Å². The van der Waals surface area contributed by atoms with Gasteiger partial charge in [0.05, 0.1) is 0 Å². The maximum Gasteiger partial charge on any atom is 0.123 e. The fraction of sp³-hybridized carbons (Fsp3) is 0.455. The Morgan fingerprint density at radius 2 is 1.79 bits per heavy atom. The zero-order valence-corrected chi connectivity index (χ0v) is 8.89. The summed E-state index contributed by atoms with van der Waals surface area (Å²) in [6.45, 7) is 0.279. The Balaban J connectivity index is 2.15. The lowest BCUT2D eigenvalue weighted by molar-refractivity contribution is 0.284. The van der Waals surface area contributed by atoms with Crippen LogP contribution in [-0.2, 0) is 0 Å². The van der Waals surface area contributed by atoms with Gasteiger partial charge in [0.2, 0.25) is 0 Å². The molecule has 1 nitrogen and oxygen atoms in total. The molecule has 0 fully saturated rings. The first-order chi connectivity index (χ1) is 6.83. The number of hydrogen-bond donors (Lipinski definition) is 1. The highest BCUT2D eigenvalue weighted by molar-refractivity contribution is 7.99. The number of benzene rings is 1. The molecule has 0 aliphatic rings. The van der Waals surface area contributed by atoms with Gasteiger partial charge in [0.1, 0.15) is 5.82 Å². The maximum absolute atomic E-state index is 12.5. The van der Waals surface area contributed by atoms with Crippen LogP contribution in [0.3, 0.4) is 0 Å². The van der Waals surface area contributed by atoms with Crippen LogP contribution in [0, 0.1) is 5.82 Å². The van der Waals surface area contributed by atoms with Crippen molar-refractivity contribution in [3.8, 4) is 0 Å². The third kappa shape index (κ3) is 4.63. The van der Waals surface area contributed by atoms with Crippen LogP contribution >= 0.6 is 11.8 Å². The molecule has 0 heterocycles. The van der Waals surface area contributed by atoms with Crippen LogP contribution in [0.4, 0.5) is 4.39 Å². The quantitative estimate of drug-likeness (QED) is 0.580. The van der Waals surface area contributed by atoms with Gasteiger partial charge in [-0.3, -0.25) is 0 Å². The number of thioether (sulfide) groups is 1. The predicted molar refractivity (Wildman–Crippen MR) is 58.1 cm³/mol. The Labute approximate surface area is 88.3 Å². The highest BCUT2D eigenvalue weighted by Gasteiger charge is 1.94. The van der Waals surface area contributed by atoms with Crippen LogP contribution in [0.5, 0.6) is 0 Å². The van der Waals surface area contributed by atoms with Gasteiger partial charge in [0.15, 0.2) is 0 Å². The Bertz CT molecular complexity index is 248. The number of aliphatic hydroxyl groups is 1. The summed E-state index contributed by atoms with van der Waals surface area (Å²) in [6.07, 6.45) is 3.04. The third-order valence-electron chi connectivity index (χ3n) is 1.88. The van der Waals surface area contributed by atoms with Crippen LogP contribution in [0.15, 0.2) is 29.2 Å². The fourth-order valence-corrected chi connectivity index (χ4v) is 2.02. The van der Waals surface area contributed by atoms with Crippen molar-refractivity contribution in [1.29, 1.82) is 0 Å². The smallest absolute Gasteiger partial charge is 0.123 e. The second kappa shape index (κ2) is 6.85. The van der Waals surface area contributed by atoms with Crippen LogP contribution in [0.1, 0.15) is 19.3 Å². The normalized spacial score (nSPS) is 10.4. The van der Waals surface area contributed by atoms with Crippen LogP contribution in [0.2, 0.25) is 0 Å². The van der Waals surface area contributed by atoms with Crippen molar-refractivity contribution in [1.82, 2.24) is 0 Å². The van der Waals surface area contributed by atoms with Gasteiger partial charge in [-0.05, 0) is 42.9 Å². The van der Waals surface area contributed by atoms with Crippen molar-refractivity contribution in [2.24, 2.45) is 0 Å². The molecule has 0 spiro atoms. The zero-order valence-electron chi connectivity index (χ0n) is 8.08. The lowest BCUT2D eigenvalue weighted by Gasteiger charge is -2.00. The Kier molecular flexibility index (Phi) is 5.64. The second-order valence-electron chi connectivity index (χ2n) is 3.09. The summed E-state index contributed by atoms with van der Waals surface area (Å²) in [6, 6.07) is 6.56. The minimum absolute atomic E-state index is 0.186. The minimum atomic E-state index is -0.186. The summed E-state index contributed by atoms with van der Waals surface area (Å²) in [4.78, 5) is 1.11. The van der Waals surface area contributed by atoms with E-state index in [9.17, 15) is 4.39 Å². The molecule has 1 rings (SSSR count). The van der Waals surface area contributed by atoms with E-state index in [2.05, 4.69) is 0 Å². The summed E-state index contributed by atoms with van der Waals surface area (Å²) < 4.78 is 12.5. The molecule has 1 N–H and O–H groups in total. The largest absolute Gasteiger partial charge is 0.396 e. The summed E-state index contributed by atoms with van der Waals surface area (Å²) in [5.41, 5.74) is 0. The molecule has 0 unspecified atom stereocenters. The molecule has 0 aromatic heterocycles. The van der Waals surface area contributed by atoms with Gasteiger partial charge in [0, 0.05) is 11.5 Å². The van der Waals surface area contributed by atoms with E-state index < -0.39 is 0 Å². The summed E-state index contributed by atoms with van der Waals surface area (Å²) in [7, 11) is 0. The lowest BCUT2D eigenvalue weighted by atomic mass is 10.3. The molecule has 0 saturated heterocycles. The van der Waals surface area contributed by atoms with Crippen molar-refractivity contribution in [3.63, 3.8) is 0 Å². The van der Waals surface area contributed by atoms with Gasteiger partial charge in [-0.25, -0.2) is 4.39 Å². The van der Waals surface area contributed by atoms with Crippen LogP contribution in [0.25, 0.3) is 0 Å². The molecule has 0 bridgehead atoms. The summed E-state index contributed by atoms with van der Waals surface area (Å²) in [5.74, 6) is 0.848. The SMILES string of the molecule is OCCCCCSc1ccc(F)cc1. The first-order valence-electron chi connectivity index (χ1n) is 4.82. The molecule has 0 atom stereocenters.